The molecule has 3 heterocycles. The fourth-order valence-corrected chi connectivity index (χ4v) is 4.96. The van der Waals surface area contributed by atoms with Gasteiger partial charge in [0.25, 0.3) is 0 Å². The van der Waals surface area contributed by atoms with E-state index in [4.69, 9.17) is 0 Å². The quantitative estimate of drug-likeness (QED) is 0.333. The van der Waals surface area contributed by atoms with Crippen molar-refractivity contribution in [1.29, 1.82) is 0 Å². The average molecular weight is 443 g/mol. The van der Waals surface area contributed by atoms with E-state index in [0.717, 1.165) is 33.5 Å². The number of allylic oxidation sites excluding steroid dienone is 1. The summed E-state index contributed by atoms with van der Waals surface area (Å²) >= 11 is 1.65. The molecule has 5 rings (SSSR count). The van der Waals surface area contributed by atoms with Gasteiger partial charge in [-0.2, -0.15) is 4.39 Å². The van der Waals surface area contributed by atoms with Crippen molar-refractivity contribution >= 4 is 33.5 Å². The van der Waals surface area contributed by atoms with E-state index < -0.39 is 5.95 Å². The van der Waals surface area contributed by atoms with Crippen molar-refractivity contribution < 1.29 is 4.39 Å². The van der Waals surface area contributed by atoms with Crippen LogP contribution in [-0.2, 0) is 0 Å². The molecule has 1 aliphatic heterocycles. The lowest BCUT2D eigenvalue weighted by Gasteiger charge is -2.38. The number of aryl methyl sites for hydroxylation is 1. The highest BCUT2D eigenvalue weighted by Gasteiger charge is 2.26. The summed E-state index contributed by atoms with van der Waals surface area (Å²) in [6, 6.07) is 16.7. The fourth-order valence-electron chi connectivity index (χ4n) is 4.24. The topological polar surface area (TPSA) is 41.4 Å². The van der Waals surface area contributed by atoms with Crippen LogP contribution in [0.1, 0.15) is 36.6 Å². The van der Waals surface area contributed by atoms with Crippen LogP contribution in [0.5, 0.6) is 0 Å². The summed E-state index contributed by atoms with van der Waals surface area (Å²) in [6.45, 7) is 6.05. The van der Waals surface area contributed by atoms with E-state index in [-0.39, 0.29) is 12.2 Å². The van der Waals surface area contributed by atoms with Gasteiger partial charge < -0.3 is 4.90 Å². The number of aromatic nitrogens is 2. The van der Waals surface area contributed by atoms with Gasteiger partial charge in [-0.1, -0.05) is 24.3 Å². The molecular weight excluding hydrogens is 419 g/mol. The molecule has 0 fully saturated rings. The van der Waals surface area contributed by atoms with Crippen LogP contribution in [0.15, 0.2) is 71.3 Å². The maximum absolute atomic E-state index is 13.6. The number of hydrogen-bond acceptors (Lipinski definition) is 5. The van der Waals surface area contributed by atoms with E-state index in [1.54, 1.807) is 24.5 Å². The van der Waals surface area contributed by atoms with E-state index in [1.807, 2.05) is 29.9 Å². The molecule has 6 heteroatoms. The van der Waals surface area contributed by atoms with Gasteiger partial charge in [-0.05, 0) is 67.8 Å². The maximum Gasteiger partial charge on any atom is 0.215 e. The number of fused-ring (bicyclic) bond motifs is 1. The van der Waals surface area contributed by atoms with Crippen molar-refractivity contribution in [2.75, 3.05) is 0 Å². The molecule has 1 aliphatic rings. The number of benzene rings is 2. The molecule has 0 radical (unpaired) electrons. The van der Waals surface area contributed by atoms with E-state index in [2.05, 4.69) is 70.1 Å². The molecule has 0 spiro atoms. The standard InChI is InChI=1S/C26H23FN4S/c1-16-11-22(14-29-26(16)27)20-6-4-5-19(12-20)17(2)31-18(3)28-10-9-24(31)21-7-8-23-25(13-21)32-15-30-23/h4-15,17-18H,1-3H3/t17-,18?/m0/s1. The molecule has 2 atom stereocenters. The summed E-state index contributed by atoms with van der Waals surface area (Å²) in [5.41, 5.74) is 8.84. The van der Waals surface area contributed by atoms with Gasteiger partial charge >= 0.3 is 0 Å². The van der Waals surface area contributed by atoms with Crippen LogP contribution in [-0.4, -0.2) is 27.2 Å². The molecule has 160 valence electrons. The number of thiazole rings is 1. The van der Waals surface area contributed by atoms with Gasteiger partial charge in [0.2, 0.25) is 5.95 Å². The van der Waals surface area contributed by atoms with Crippen molar-refractivity contribution in [3.8, 4) is 11.1 Å². The largest absolute Gasteiger partial charge is 0.343 e. The molecule has 0 saturated carbocycles. The number of halogens is 1. The van der Waals surface area contributed by atoms with Gasteiger partial charge in [-0.3, -0.25) is 4.99 Å². The molecule has 0 N–H and O–H groups in total. The molecule has 0 bridgehead atoms. The monoisotopic (exact) mass is 442 g/mol. The molecule has 32 heavy (non-hydrogen) atoms. The third kappa shape index (κ3) is 3.71. The van der Waals surface area contributed by atoms with Gasteiger partial charge in [0.1, 0.15) is 6.17 Å². The molecule has 0 saturated heterocycles. The van der Waals surface area contributed by atoms with E-state index in [0.29, 0.717) is 5.56 Å². The van der Waals surface area contributed by atoms with Crippen molar-refractivity contribution in [2.45, 2.75) is 33.0 Å². The summed E-state index contributed by atoms with van der Waals surface area (Å²) in [6.07, 6.45) is 5.56. The number of aliphatic imine (C=N–C) groups is 1. The minimum Gasteiger partial charge on any atom is -0.343 e. The maximum atomic E-state index is 13.6. The zero-order valence-electron chi connectivity index (χ0n) is 18.2. The van der Waals surface area contributed by atoms with Crippen LogP contribution in [0.2, 0.25) is 0 Å². The highest BCUT2D eigenvalue weighted by atomic mass is 32.1. The third-order valence-corrected chi connectivity index (χ3v) is 6.77. The van der Waals surface area contributed by atoms with Gasteiger partial charge in [0, 0.05) is 29.2 Å². The molecule has 4 nitrogen and oxygen atoms in total. The smallest absolute Gasteiger partial charge is 0.215 e. The normalized spacial score (nSPS) is 16.9. The van der Waals surface area contributed by atoms with E-state index in [1.165, 1.54) is 4.70 Å². The van der Waals surface area contributed by atoms with Gasteiger partial charge in [0.05, 0.1) is 21.8 Å². The third-order valence-electron chi connectivity index (χ3n) is 5.98. The summed E-state index contributed by atoms with van der Waals surface area (Å²) < 4.78 is 14.8. The van der Waals surface area contributed by atoms with Crippen molar-refractivity contribution in [3.63, 3.8) is 0 Å². The first-order valence-electron chi connectivity index (χ1n) is 10.6. The molecular formula is C26H23FN4S. The van der Waals surface area contributed by atoms with Gasteiger partial charge in [-0.25, -0.2) is 9.97 Å². The zero-order chi connectivity index (χ0) is 22.2. The summed E-state index contributed by atoms with van der Waals surface area (Å²) in [4.78, 5) is 15.3. The fraction of sp³-hybridized carbons (Fsp3) is 0.192. The first-order chi connectivity index (χ1) is 15.5. The van der Waals surface area contributed by atoms with Gasteiger partial charge in [-0.15, -0.1) is 11.3 Å². The Bertz CT molecular complexity index is 1360. The molecule has 4 aromatic rings. The Hall–Kier alpha value is -3.38. The summed E-state index contributed by atoms with van der Waals surface area (Å²) in [5.74, 6) is -0.425. The van der Waals surface area contributed by atoms with Crippen molar-refractivity contribution in [1.82, 2.24) is 14.9 Å². The minimum absolute atomic E-state index is 0.000506. The van der Waals surface area contributed by atoms with Crippen LogP contribution in [0, 0.1) is 12.9 Å². The molecule has 2 aromatic carbocycles. The van der Waals surface area contributed by atoms with Crippen LogP contribution in [0.3, 0.4) is 0 Å². The van der Waals surface area contributed by atoms with E-state index in [9.17, 15) is 4.39 Å². The second kappa shape index (κ2) is 8.28. The lowest BCUT2D eigenvalue weighted by molar-refractivity contribution is 0.252. The number of hydrogen-bond donors (Lipinski definition) is 0. The van der Waals surface area contributed by atoms with Crippen LogP contribution in [0.25, 0.3) is 27.0 Å². The number of nitrogens with zero attached hydrogens (tertiary/aromatic N) is 4. The number of pyridine rings is 1. The van der Waals surface area contributed by atoms with E-state index >= 15 is 0 Å². The molecule has 2 aromatic heterocycles. The Morgan fingerprint density at radius 1 is 1.03 bits per heavy atom. The first kappa shape index (κ1) is 20.5. The Kier molecular flexibility index (Phi) is 5.31. The van der Waals surface area contributed by atoms with Crippen LogP contribution in [0.4, 0.5) is 4.39 Å². The average Bonchev–Trinajstić information content (AvgIpc) is 3.28. The highest BCUT2D eigenvalue weighted by molar-refractivity contribution is 7.16. The molecule has 0 aliphatic carbocycles. The number of rotatable bonds is 4. The Morgan fingerprint density at radius 2 is 1.91 bits per heavy atom. The van der Waals surface area contributed by atoms with Crippen LogP contribution >= 0.6 is 11.3 Å². The van der Waals surface area contributed by atoms with Crippen LogP contribution < -0.4 is 0 Å². The minimum atomic E-state index is -0.425. The summed E-state index contributed by atoms with van der Waals surface area (Å²) in [5, 5.41) is 0. The van der Waals surface area contributed by atoms with Crippen molar-refractivity contribution in [3.05, 3.63) is 89.0 Å². The molecule has 0 amide bonds. The summed E-state index contributed by atoms with van der Waals surface area (Å²) in [7, 11) is 0. The van der Waals surface area contributed by atoms with Gasteiger partial charge in [0.15, 0.2) is 0 Å². The van der Waals surface area contributed by atoms with Crippen molar-refractivity contribution in [2.24, 2.45) is 4.99 Å². The molecule has 1 unspecified atom stereocenters. The Morgan fingerprint density at radius 3 is 2.75 bits per heavy atom. The second-order valence-electron chi connectivity index (χ2n) is 8.06. The lowest BCUT2D eigenvalue weighted by Crippen LogP contribution is -2.34. The SMILES string of the molecule is Cc1cc(-c2cccc([C@H](C)N3C(c4ccc5ncsc5c4)=CC=NC3C)c2)cnc1F. The highest BCUT2D eigenvalue weighted by Crippen LogP contribution is 2.36. The predicted molar refractivity (Wildman–Crippen MR) is 130 cm³/mol. The predicted octanol–water partition coefficient (Wildman–Crippen LogP) is 6.64. The Balaban J connectivity index is 1.51. The Labute approximate surface area is 190 Å². The second-order valence-corrected chi connectivity index (χ2v) is 8.94. The zero-order valence-corrected chi connectivity index (χ0v) is 19.0. The lowest BCUT2D eigenvalue weighted by atomic mass is 9.97. The first-order valence-corrected chi connectivity index (χ1v) is 11.5.